The smallest absolute Gasteiger partial charge is 0.198 e. The SMILES string of the molecule is C=CCn1c(O)c2c(c1O)C([Si](C)(C)C(C)(C)C)C=CC2. The van der Waals surface area contributed by atoms with Crippen LogP contribution >= 0.6 is 0 Å². The summed E-state index contributed by atoms with van der Waals surface area (Å²) in [4.78, 5) is 0. The third kappa shape index (κ3) is 2.35. The summed E-state index contributed by atoms with van der Waals surface area (Å²) in [6, 6.07) is 0. The second-order valence-electron chi connectivity index (χ2n) is 7.52. The van der Waals surface area contributed by atoms with Gasteiger partial charge in [0, 0.05) is 23.2 Å². The Bertz CT molecular complexity index is 591. The molecule has 0 fully saturated rings. The molecule has 4 heteroatoms. The first-order chi connectivity index (χ1) is 9.63. The minimum atomic E-state index is -1.72. The van der Waals surface area contributed by atoms with Crippen LogP contribution in [0.15, 0.2) is 24.8 Å². The molecule has 0 aliphatic heterocycles. The van der Waals surface area contributed by atoms with Crippen molar-refractivity contribution in [3.8, 4) is 11.8 Å². The van der Waals surface area contributed by atoms with Crippen molar-refractivity contribution in [2.24, 2.45) is 0 Å². The summed E-state index contributed by atoms with van der Waals surface area (Å²) in [5.41, 5.74) is 2.04. The normalized spacial score (nSPS) is 18.6. The summed E-state index contributed by atoms with van der Waals surface area (Å²) in [7, 11) is -1.72. The zero-order valence-electron chi connectivity index (χ0n) is 13.8. The second-order valence-corrected chi connectivity index (χ2v) is 13.1. The molecular formula is C17H27NO2Si. The Hall–Kier alpha value is -1.42. The fourth-order valence-corrected chi connectivity index (χ4v) is 5.56. The van der Waals surface area contributed by atoms with Crippen LogP contribution in [-0.4, -0.2) is 22.9 Å². The number of aromatic nitrogens is 1. The van der Waals surface area contributed by atoms with Crippen LogP contribution in [0.3, 0.4) is 0 Å². The minimum absolute atomic E-state index is 0.190. The van der Waals surface area contributed by atoms with Crippen LogP contribution in [0.1, 0.15) is 37.4 Å². The molecule has 0 spiro atoms. The maximum Gasteiger partial charge on any atom is 0.198 e. The van der Waals surface area contributed by atoms with Crippen molar-refractivity contribution in [3.05, 3.63) is 35.9 Å². The maximum atomic E-state index is 10.6. The van der Waals surface area contributed by atoms with Gasteiger partial charge in [-0.05, 0) is 11.5 Å². The summed E-state index contributed by atoms with van der Waals surface area (Å²) in [6.45, 7) is 15.7. The van der Waals surface area contributed by atoms with Gasteiger partial charge >= 0.3 is 0 Å². The first-order valence-electron chi connectivity index (χ1n) is 7.53. The number of fused-ring (bicyclic) bond motifs is 1. The van der Waals surface area contributed by atoms with Crippen LogP contribution in [0.5, 0.6) is 11.8 Å². The Labute approximate surface area is 128 Å². The number of aromatic hydroxyl groups is 2. The van der Waals surface area contributed by atoms with Crippen molar-refractivity contribution in [2.45, 2.75) is 57.4 Å². The third-order valence-corrected chi connectivity index (χ3v) is 11.2. The molecule has 0 saturated carbocycles. The van der Waals surface area contributed by atoms with Crippen molar-refractivity contribution >= 4 is 8.07 Å². The summed E-state index contributed by atoms with van der Waals surface area (Å²) in [5.74, 6) is 0.400. The molecule has 0 amide bonds. The predicted octanol–water partition coefficient (Wildman–Crippen LogP) is 4.33. The molecule has 2 N–H and O–H groups in total. The second kappa shape index (κ2) is 5.09. The monoisotopic (exact) mass is 305 g/mol. The van der Waals surface area contributed by atoms with Crippen LogP contribution in [0.2, 0.25) is 18.1 Å². The molecule has 3 nitrogen and oxygen atoms in total. The molecule has 21 heavy (non-hydrogen) atoms. The molecule has 2 rings (SSSR count). The van der Waals surface area contributed by atoms with Gasteiger partial charge in [-0.1, -0.05) is 52.1 Å². The van der Waals surface area contributed by atoms with Gasteiger partial charge in [0.25, 0.3) is 0 Å². The van der Waals surface area contributed by atoms with Crippen molar-refractivity contribution in [1.29, 1.82) is 0 Å². The standard InChI is InChI=1S/C17H27NO2Si/c1-7-11-18-15(19)12-9-8-10-13(14(12)16(18)20)21(5,6)17(2,3)4/h7-8,10,13,19-20H,1,9,11H2,2-6H3. The number of hydrogen-bond donors (Lipinski definition) is 2. The van der Waals surface area contributed by atoms with E-state index in [0.29, 0.717) is 13.0 Å². The zero-order chi connectivity index (χ0) is 16.0. The molecule has 1 aromatic rings. The van der Waals surface area contributed by atoms with Gasteiger partial charge in [-0.25, -0.2) is 0 Å². The molecule has 116 valence electrons. The van der Waals surface area contributed by atoms with Gasteiger partial charge in [0.1, 0.15) is 0 Å². The van der Waals surface area contributed by atoms with Crippen molar-refractivity contribution in [1.82, 2.24) is 4.57 Å². The van der Waals surface area contributed by atoms with E-state index in [1.807, 2.05) is 0 Å². The Morgan fingerprint density at radius 3 is 2.48 bits per heavy atom. The Morgan fingerprint density at radius 2 is 1.95 bits per heavy atom. The average Bonchev–Trinajstić information content (AvgIpc) is 2.63. The molecular weight excluding hydrogens is 278 g/mol. The van der Waals surface area contributed by atoms with Gasteiger partial charge in [-0.3, -0.25) is 4.57 Å². The molecule has 0 aromatic carbocycles. The lowest BCUT2D eigenvalue weighted by Gasteiger charge is -2.43. The van der Waals surface area contributed by atoms with Gasteiger partial charge in [-0.2, -0.15) is 0 Å². The van der Waals surface area contributed by atoms with Crippen molar-refractivity contribution in [3.63, 3.8) is 0 Å². The molecule has 1 aliphatic rings. The van der Waals surface area contributed by atoms with Crippen LogP contribution in [0.25, 0.3) is 0 Å². The largest absolute Gasteiger partial charge is 0.494 e. The lowest BCUT2D eigenvalue weighted by Crippen LogP contribution is -2.44. The van der Waals surface area contributed by atoms with Crippen LogP contribution < -0.4 is 0 Å². The molecule has 1 aliphatic carbocycles. The van der Waals surface area contributed by atoms with E-state index in [2.05, 4.69) is 52.6 Å². The van der Waals surface area contributed by atoms with E-state index in [0.717, 1.165) is 11.1 Å². The summed E-state index contributed by atoms with van der Waals surface area (Å²) >= 11 is 0. The molecule has 1 aromatic heterocycles. The number of allylic oxidation sites excluding steroid dienone is 3. The van der Waals surface area contributed by atoms with E-state index < -0.39 is 8.07 Å². The predicted molar refractivity (Wildman–Crippen MR) is 90.7 cm³/mol. The molecule has 1 atom stereocenters. The quantitative estimate of drug-likeness (QED) is 0.645. The maximum absolute atomic E-state index is 10.6. The van der Waals surface area contributed by atoms with Crippen molar-refractivity contribution in [2.75, 3.05) is 0 Å². The topological polar surface area (TPSA) is 45.4 Å². The van der Waals surface area contributed by atoms with Gasteiger partial charge in [0.2, 0.25) is 0 Å². The minimum Gasteiger partial charge on any atom is -0.494 e. The van der Waals surface area contributed by atoms with E-state index in [1.54, 1.807) is 10.6 Å². The highest BCUT2D eigenvalue weighted by atomic mass is 28.3. The molecule has 0 bridgehead atoms. The number of rotatable bonds is 3. The van der Waals surface area contributed by atoms with Gasteiger partial charge in [0.15, 0.2) is 11.8 Å². The highest BCUT2D eigenvalue weighted by Gasteiger charge is 2.45. The third-order valence-electron chi connectivity index (χ3n) is 5.33. The number of nitrogens with zero attached hydrogens (tertiary/aromatic N) is 1. The van der Waals surface area contributed by atoms with Crippen LogP contribution in [-0.2, 0) is 13.0 Å². The molecule has 1 unspecified atom stereocenters. The Morgan fingerprint density at radius 1 is 1.33 bits per heavy atom. The summed E-state index contributed by atoms with van der Waals surface area (Å²) in [5, 5.41) is 21.2. The van der Waals surface area contributed by atoms with Crippen LogP contribution in [0, 0.1) is 0 Å². The Kier molecular flexibility index (Phi) is 3.87. The van der Waals surface area contributed by atoms with E-state index in [9.17, 15) is 10.2 Å². The summed E-state index contributed by atoms with van der Waals surface area (Å²) in [6.07, 6.45) is 6.74. The van der Waals surface area contributed by atoms with E-state index >= 15 is 0 Å². The molecule has 0 saturated heterocycles. The van der Waals surface area contributed by atoms with Crippen LogP contribution in [0.4, 0.5) is 0 Å². The molecule has 0 radical (unpaired) electrons. The van der Waals surface area contributed by atoms with E-state index in [4.69, 9.17) is 0 Å². The fraction of sp³-hybridized carbons (Fsp3) is 0.529. The van der Waals surface area contributed by atoms with E-state index in [1.165, 1.54) is 0 Å². The first-order valence-corrected chi connectivity index (χ1v) is 10.6. The number of hydrogen-bond acceptors (Lipinski definition) is 2. The average molecular weight is 305 g/mol. The van der Waals surface area contributed by atoms with E-state index in [-0.39, 0.29) is 22.3 Å². The van der Waals surface area contributed by atoms with Gasteiger partial charge in [0.05, 0.1) is 8.07 Å². The zero-order valence-corrected chi connectivity index (χ0v) is 14.8. The summed E-state index contributed by atoms with van der Waals surface area (Å²) < 4.78 is 1.56. The van der Waals surface area contributed by atoms with Gasteiger partial charge < -0.3 is 10.2 Å². The van der Waals surface area contributed by atoms with Gasteiger partial charge in [-0.15, -0.1) is 6.58 Å². The first kappa shape index (κ1) is 16.0. The lowest BCUT2D eigenvalue weighted by atomic mass is 10.0. The Balaban J connectivity index is 2.62. The molecule has 1 heterocycles. The highest BCUT2D eigenvalue weighted by molar-refractivity contribution is 6.82. The van der Waals surface area contributed by atoms with Crippen molar-refractivity contribution < 1.29 is 10.2 Å². The fourth-order valence-electron chi connectivity index (χ4n) is 2.98. The lowest BCUT2D eigenvalue weighted by molar-refractivity contribution is 0.376. The highest BCUT2D eigenvalue weighted by Crippen LogP contribution is 2.51.